The normalized spacial score (nSPS) is 29.8. The SMILES string of the molecule is CCCCCCC#C[C@@]1(C)CCC(=O)[C@H](C)[C@@]1(O)c1ccccc1. The van der Waals surface area contributed by atoms with Gasteiger partial charge in [-0.25, -0.2) is 0 Å². The van der Waals surface area contributed by atoms with Crippen LogP contribution in [0.15, 0.2) is 30.3 Å². The Balaban J connectivity index is 2.28. The second-order valence-corrected chi connectivity index (χ2v) is 7.26. The zero-order valence-corrected chi connectivity index (χ0v) is 15.3. The molecule has 0 saturated heterocycles. The highest BCUT2D eigenvalue weighted by atomic mass is 16.3. The molecular weight excluding hydrogens is 296 g/mol. The summed E-state index contributed by atoms with van der Waals surface area (Å²) in [5.41, 5.74) is -1.01. The Kier molecular flexibility index (Phi) is 6.24. The van der Waals surface area contributed by atoms with Crippen molar-refractivity contribution in [1.29, 1.82) is 0 Å². The quantitative estimate of drug-likeness (QED) is 0.620. The monoisotopic (exact) mass is 326 g/mol. The van der Waals surface area contributed by atoms with Crippen LogP contribution in [-0.4, -0.2) is 10.9 Å². The summed E-state index contributed by atoms with van der Waals surface area (Å²) in [5.74, 6) is 6.35. The minimum absolute atomic E-state index is 0.128. The van der Waals surface area contributed by atoms with Crippen LogP contribution in [0.1, 0.15) is 71.3 Å². The van der Waals surface area contributed by atoms with Gasteiger partial charge in [-0.3, -0.25) is 4.79 Å². The van der Waals surface area contributed by atoms with E-state index in [2.05, 4.69) is 18.8 Å². The lowest BCUT2D eigenvalue weighted by Gasteiger charge is -2.49. The molecule has 0 spiro atoms. The van der Waals surface area contributed by atoms with Gasteiger partial charge in [0.15, 0.2) is 0 Å². The van der Waals surface area contributed by atoms with E-state index in [0.717, 1.165) is 18.4 Å². The van der Waals surface area contributed by atoms with Crippen molar-refractivity contribution in [3.63, 3.8) is 0 Å². The summed E-state index contributed by atoms with van der Waals surface area (Å²) in [4.78, 5) is 12.3. The maximum atomic E-state index is 12.3. The average Bonchev–Trinajstić information content (AvgIpc) is 2.61. The number of Topliss-reactive ketones (excluding diaryl/α,β-unsaturated/α-hetero) is 1. The molecule has 2 heteroatoms. The van der Waals surface area contributed by atoms with Gasteiger partial charge in [0.2, 0.25) is 0 Å². The van der Waals surface area contributed by atoms with E-state index < -0.39 is 16.9 Å². The Morgan fingerprint density at radius 1 is 1.21 bits per heavy atom. The second-order valence-electron chi connectivity index (χ2n) is 7.26. The van der Waals surface area contributed by atoms with Crippen LogP contribution in [0.4, 0.5) is 0 Å². The molecule has 0 radical (unpaired) electrons. The van der Waals surface area contributed by atoms with Crippen LogP contribution in [-0.2, 0) is 10.4 Å². The first-order valence-corrected chi connectivity index (χ1v) is 9.26. The highest BCUT2D eigenvalue weighted by molar-refractivity contribution is 5.83. The number of unbranched alkanes of at least 4 members (excludes halogenated alkanes) is 4. The molecular formula is C22H30O2. The summed E-state index contributed by atoms with van der Waals surface area (Å²) < 4.78 is 0. The number of carbonyl (C=O) groups is 1. The maximum Gasteiger partial charge on any atom is 0.139 e. The van der Waals surface area contributed by atoms with E-state index in [1.807, 2.05) is 44.2 Å². The third-order valence-electron chi connectivity index (χ3n) is 5.56. The molecule has 2 rings (SSSR count). The summed E-state index contributed by atoms with van der Waals surface area (Å²) in [6, 6.07) is 9.58. The van der Waals surface area contributed by atoms with Gasteiger partial charge in [-0.05, 0) is 25.3 Å². The van der Waals surface area contributed by atoms with Gasteiger partial charge < -0.3 is 5.11 Å². The molecule has 1 saturated carbocycles. The Hall–Kier alpha value is -1.59. The van der Waals surface area contributed by atoms with Gasteiger partial charge in [-0.1, -0.05) is 69.4 Å². The molecule has 0 aliphatic heterocycles. The summed E-state index contributed by atoms with van der Waals surface area (Å²) in [5, 5.41) is 11.6. The number of rotatable bonds is 5. The molecule has 1 aromatic rings. The highest BCUT2D eigenvalue weighted by Gasteiger charge is 2.56. The molecule has 1 aromatic carbocycles. The van der Waals surface area contributed by atoms with Crippen LogP contribution in [0.5, 0.6) is 0 Å². The van der Waals surface area contributed by atoms with Crippen LogP contribution in [0.2, 0.25) is 0 Å². The van der Waals surface area contributed by atoms with E-state index in [9.17, 15) is 9.90 Å². The Labute approximate surface area is 146 Å². The van der Waals surface area contributed by atoms with Gasteiger partial charge in [0.1, 0.15) is 11.4 Å². The lowest BCUT2D eigenvalue weighted by molar-refractivity contribution is -0.155. The maximum absolute atomic E-state index is 12.3. The van der Waals surface area contributed by atoms with Gasteiger partial charge in [0, 0.05) is 18.8 Å². The number of carbonyl (C=O) groups excluding carboxylic acids is 1. The van der Waals surface area contributed by atoms with Gasteiger partial charge in [0.05, 0.1) is 5.41 Å². The minimum atomic E-state index is -1.22. The third kappa shape index (κ3) is 3.57. The number of ketones is 1. The van der Waals surface area contributed by atoms with Crippen molar-refractivity contribution in [3.05, 3.63) is 35.9 Å². The summed E-state index contributed by atoms with van der Waals surface area (Å²) in [7, 11) is 0. The topological polar surface area (TPSA) is 37.3 Å². The number of aliphatic hydroxyl groups is 1. The zero-order chi connectivity index (χ0) is 17.6. The first-order chi connectivity index (χ1) is 11.5. The van der Waals surface area contributed by atoms with Crippen molar-refractivity contribution in [2.75, 3.05) is 0 Å². The highest BCUT2D eigenvalue weighted by Crippen LogP contribution is 2.51. The van der Waals surface area contributed by atoms with Gasteiger partial charge in [-0.15, -0.1) is 5.92 Å². The van der Waals surface area contributed by atoms with Gasteiger partial charge in [0.25, 0.3) is 0 Å². The van der Waals surface area contributed by atoms with Crippen molar-refractivity contribution in [2.45, 2.75) is 71.3 Å². The fourth-order valence-corrected chi connectivity index (χ4v) is 3.81. The lowest BCUT2D eigenvalue weighted by Crippen LogP contribution is -2.54. The van der Waals surface area contributed by atoms with E-state index in [4.69, 9.17) is 0 Å². The third-order valence-corrected chi connectivity index (χ3v) is 5.56. The van der Waals surface area contributed by atoms with E-state index in [1.54, 1.807) is 0 Å². The van der Waals surface area contributed by atoms with E-state index in [0.29, 0.717) is 12.8 Å². The van der Waals surface area contributed by atoms with Crippen LogP contribution in [0.25, 0.3) is 0 Å². The molecule has 1 fully saturated rings. The van der Waals surface area contributed by atoms with E-state index in [-0.39, 0.29) is 5.78 Å². The van der Waals surface area contributed by atoms with Crippen molar-refractivity contribution < 1.29 is 9.90 Å². The van der Waals surface area contributed by atoms with Gasteiger partial charge >= 0.3 is 0 Å². The fourth-order valence-electron chi connectivity index (χ4n) is 3.81. The average molecular weight is 326 g/mol. The molecule has 0 aromatic heterocycles. The number of benzene rings is 1. The Morgan fingerprint density at radius 2 is 1.92 bits per heavy atom. The smallest absolute Gasteiger partial charge is 0.139 e. The summed E-state index contributed by atoms with van der Waals surface area (Å²) in [6.07, 6.45) is 6.76. The fraction of sp³-hybridized carbons (Fsp3) is 0.591. The van der Waals surface area contributed by atoms with Crippen LogP contribution in [0.3, 0.4) is 0 Å². The predicted molar refractivity (Wildman–Crippen MR) is 98.4 cm³/mol. The van der Waals surface area contributed by atoms with Crippen LogP contribution >= 0.6 is 0 Å². The van der Waals surface area contributed by atoms with Crippen molar-refractivity contribution >= 4 is 5.78 Å². The first-order valence-electron chi connectivity index (χ1n) is 9.26. The molecule has 0 heterocycles. The lowest BCUT2D eigenvalue weighted by atomic mass is 9.57. The largest absolute Gasteiger partial charge is 0.383 e. The molecule has 24 heavy (non-hydrogen) atoms. The van der Waals surface area contributed by atoms with Crippen molar-refractivity contribution in [2.24, 2.45) is 11.3 Å². The Morgan fingerprint density at radius 3 is 2.58 bits per heavy atom. The van der Waals surface area contributed by atoms with Crippen LogP contribution < -0.4 is 0 Å². The predicted octanol–water partition coefficient (Wildman–Crippen LogP) is 4.85. The molecule has 0 amide bonds. The molecule has 0 unspecified atom stereocenters. The van der Waals surface area contributed by atoms with Crippen molar-refractivity contribution in [3.8, 4) is 11.8 Å². The second kappa shape index (κ2) is 7.99. The van der Waals surface area contributed by atoms with Crippen molar-refractivity contribution in [1.82, 2.24) is 0 Å². The van der Waals surface area contributed by atoms with E-state index in [1.165, 1.54) is 19.3 Å². The molecule has 130 valence electrons. The molecule has 1 aliphatic rings. The molecule has 1 N–H and O–H groups in total. The summed E-state index contributed by atoms with van der Waals surface area (Å²) >= 11 is 0. The molecule has 2 nitrogen and oxygen atoms in total. The van der Waals surface area contributed by atoms with Gasteiger partial charge in [-0.2, -0.15) is 0 Å². The van der Waals surface area contributed by atoms with E-state index >= 15 is 0 Å². The molecule has 1 aliphatic carbocycles. The van der Waals surface area contributed by atoms with Crippen LogP contribution in [0, 0.1) is 23.2 Å². The number of hydrogen-bond donors (Lipinski definition) is 1. The number of hydrogen-bond acceptors (Lipinski definition) is 2. The standard InChI is InChI=1S/C22H30O2/c1-4-5-6-7-8-12-16-21(3)17-15-20(23)18(2)22(21,24)19-13-10-9-11-14-19/h9-11,13-14,18,24H,4-8,15,17H2,1-3H3/t18-,21-,22+/m0/s1. The zero-order valence-electron chi connectivity index (χ0n) is 15.3. The molecule has 0 bridgehead atoms. The first kappa shape index (κ1) is 18.7. The molecule has 3 atom stereocenters. The Bertz CT molecular complexity index is 610. The minimum Gasteiger partial charge on any atom is -0.383 e. The summed E-state index contributed by atoms with van der Waals surface area (Å²) in [6.45, 7) is 6.06.